The van der Waals surface area contributed by atoms with Gasteiger partial charge in [0.1, 0.15) is 5.75 Å². The molecule has 0 aliphatic rings. The largest absolute Gasteiger partial charge is 0.497 e. The van der Waals surface area contributed by atoms with Crippen molar-refractivity contribution in [2.24, 2.45) is 0 Å². The van der Waals surface area contributed by atoms with Gasteiger partial charge >= 0.3 is 0 Å². The summed E-state index contributed by atoms with van der Waals surface area (Å²) in [6.07, 6.45) is 1.56. The molecule has 0 atom stereocenters. The van der Waals surface area contributed by atoms with Crippen molar-refractivity contribution < 1.29 is 9.66 Å². The summed E-state index contributed by atoms with van der Waals surface area (Å²) >= 11 is 1.97. The summed E-state index contributed by atoms with van der Waals surface area (Å²) in [4.78, 5) is 10.2. The molecule has 1 aromatic carbocycles. The van der Waals surface area contributed by atoms with Crippen molar-refractivity contribution in [3.05, 3.63) is 45.6 Å². The van der Waals surface area contributed by atoms with Crippen LogP contribution in [0.5, 0.6) is 5.75 Å². The van der Waals surface area contributed by atoms with Crippen molar-refractivity contribution in [3.63, 3.8) is 0 Å². The molecule has 0 heterocycles. The van der Waals surface area contributed by atoms with Crippen molar-refractivity contribution >= 4 is 28.7 Å². The molecular weight excluding hydrogens is 309 g/mol. The van der Waals surface area contributed by atoms with Crippen LogP contribution in [0.15, 0.2) is 30.0 Å². The minimum Gasteiger partial charge on any atom is -0.497 e. The third-order valence-electron chi connectivity index (χ3n) is 1.82. The van der Waals surface area contributed by atoms with E-state index in [1.54, 1.807) is 37.5 Å². The number of hydrogen-bond acceptors (Lipinski definition) is 3. The predicted octanol–water partition coefficient (Wildman–Crippen LogP) is 2.75. The van der Waals surface area contributed by atoms with Gasteiger partial charge in [-0.25, -0.2) is 0 Å². The first-order valence-corrected chi connectivity index (χ1v) is 5.75. The lowest BCUT2D eigenvalue weighted by atomic mass is 10.2. The Labute approximate surface area is 101 Å². The van der Waals surface area contributed by atoms with Gasteiger partial charge in [0.05, 0.1) is 16.5 Å². The molecule has 0 spiro atoms. The van der Waals surface area contributed by atoms with Gasteiger partial charge < -0.3 is 4.74 Å². The third kappa shape index (κ3) is 3.50. The Kier molecular flexibility index (Phi) is 4.54. The Balaban J connectivity index is 2.92. The average Bonchev–Trinajstić information content (AvgIpc) is 2.26. The van der Waals surface area contributed by atoms with Gasteiger partial charge in [0.25, 0.3) is 5.70 Å². The quantitative estimate of drug-likeness (QED) is 0.371. The minimum atomic E-state index is -0.364. The van der Waals surface area contributed by atoms with E-state index in [2.05, 4.69) is 0 Å². The monoisotopic (exact) mass is 319 g/mol. The summed E-state index contributed by atoms with van der Waals surface area (Å²) < 4.78 is 5.38. The van der Waals surface area contributed by atoms with Crippen LogP contribution in [0.4, 0.5) is 0 Å². The van der Waals surface area contributed by atoms with Crippen LogP contribution in [-0.2, 0) is 0 Å². The third-order valence-corrected chi connectivity index (χ3v) is 2.60. The molecule has 0 fully saturated rings. The number of ether oxygens (including phenoxy) is 1. The normalized spacial score (nSPS) is 11.2. The molecule has 0 aliphatic carbocycles. The molecule has 0 radical (unpaired) electrons. The first-order chi connectivity index (χ1) is 7.17. The van der Waals surface area contributed by atoms with Crippen LogP contribution in [0, 0.1) is 10.1 Å². The SMILES string of the molecule is COc1ccc(/C=C(\CI)[N+](=O)[O-])cc1. The molecule has 5 heteroatoms. The molecule has 0 amide bonds. The molecule has 1 rings (SSSR count). The number of rotatable bonds is 4. The van der Waals surface area contributed by atoms with Gasteiger partial charge in [0, 0.05) is 6.08 Å². The van der Waals surface area contributed by atoms with E-state index < -0.39 is 0 Å². The van der Waals surface area contributed by atoms with E-state index in [1.807, 2.05) is 22.6 Å². The lowest BCUT2D eigenvalue weighted by molar-refractivity contribution is -0.421. The minimum absolute atomic E-state index is 0.195. The average molecular weight is 319 g/mol. The van der Waals surface area contributed by atoms with Crippen LogP contribution in [0.25, 0.3) is 6.08 Å². The molecular formula is C10H10INO3. The molecule has 0 saturated carbocycles. The van der Waals surface area contributed by atoms with Crippen molar-refractivity contribution in [2.75, 3.05) is 11.5 Å². The number of nitrogens with zero attached hydrogens (tertiary/aromatic N) is 1. The molecule has 0 bridgehead atoms. The fourth-order valence-electron chi connectivity index (χ4n) is 1.03. The number of benzene rings is 1. The molecule has 0 saturated heterocycles. The lowest BCUT2D eigenvalue weighted by Crippen LogP contribution is -1.99. The zero-order valence-corrected chi connectivity index (χ0v) is 10.3. The molecule has 0 aliphatic heterocycles. The zero-order valence-electron chi connectivity index (χ0n) is 8.14. The van der Waals surface area contributed by atoms with E-state index in [0.29, 0.717) is 4.43 Å². The molecule has 0 N–H and O–H groups in total. The van der Waals surface area contributed by atoms with Crippen LogP contribution in [0.1, 0.15) is 5.56 Å². The van der Waals surface area contributed by atoms with E-state index in [4.69, 9.17) is 4.74 Å². The summed E-state index contributed by atoms with van der Waals surface area (Å²) in [6, 6.07) is 7.12. The van der Waals surface area contributed by atoms with Crippen molar-refractivity contribution in [3.8, 4) is 5.75 Å². The Bertz CT molecular complexity index is 373. The number of hydrogen-bond donors (Lipinski definition) is 0. The highest BCUT2D eigenvalue weighted by Gasteiger charge is 2.07. The second-order valence-electron chi connectivity index (χ2n) is 2.80. The molecule has 0 unspecified atom stereocenters. The molecule has 80 valence electrons. The molecule has 4 nitrogen and oxygen atoms in total. The van der Waals surface area contributed by atoms with Gasteiger partial charge in [0.15, 0.2) is 0 Å². The number of methoxy groups -OCH3 is 1. The van der Waals surface area contributed by atoms with E-state index in [1.165, 1.54) is 0 Å². The van der Waals surface area contributed by atoms with Crippen LogP contribution < -0.4 is 4.74 Å². The number of alkyl halides is 1. The summed E-state index contributed by atoms with van der Waals surface area (Å²) in [5.74, 6) is 0.740. The van der Waals surface area contributed by atoms with Crippen molar-refractivity contribution in [1.29, 1.82) is 0 Å². The fraction of sp³-hybridized carbons (Fsp3) is 0.200. The number of nitro groups is 1. The maximum atomic E-state index is 10.6. The Morgan fingerprint density at radius 3 is 2.53 bits per heavy atom. The smallest absolute Gasteiger partial charge is 0.256 e. The maximum absolute atomic E-state index is 10.6. The Morgan fingerprint density at radius 2 is 2.13 bits per heavy atom. The predicted molar refractivity (Wildman–Crippen MR) is 66.9 cm³/mol. The van der Waals surface area contributed by atoms with Gasteiger partial charge in [-0.15, -0.1) is 0 Å². The van der Waals surface area contributed by atoms with Gasteiger partial charge in [-0.1, -0.05) is 34.7 Å². The maximum Gasteiger partial charge on any atom is 0.256 e. The summed E-state index contributed by atoms with van der Waals surface area (Å²) in [7, 11) is 1.58. The van der Waals surface area contributed by atoms with Crippen LogP contribution >= 0.6 is 22.6 Å². The molecule has 0 aromatic heterocycles. The highest BCUT2D eigenvalue weighted by atomic mass is 127. The van der Waals surface area contributed by atoms with Gasteiger partial charge in [0.2, 0.25) is 0 Å². The van der Waals surface area contributed by atoms with E-state index in [-0.39, 0.29) is 10.6 Å². The van der Waals surface area contributed by atoms with Crippen molar-refractivity contribution in [2.45, 2.75) is 0 Å². The highest BCUT2D eigenvalue weighted by Crippen LogP contribution is 2.14. The second-order valence-corrected chi connectivity index (χ2v) is 3.56. The summed E-state index contributed by atoms with van der Waals surface area (Å²) in [6.45, 7) is 0. The molecule has 15 heavy (non-hydrogen) atoms. The summed E-state index contributed by atoms with van der Waals surface area (Å²) in [5.41, 5.74) is 1.000. The Morgan fingerprint density at radius 1 is 1.53 bits per heavy atom. The van der Waals surface area contributed by atoms with Gasteiger partial charge in [-0.3, -0.25) is 10.1 Å². The van der Waals surface area contributed by atoms with Gasteiger partial charge in [-0.05, 0) is 17.7 Å². The zero-order chi connectivity index (χ0) is 11.3. The number of allylic oxidation sites excluding steroid dienone is 1. The fourth-order valence-corrected chi connectivity index (χ4v) is 1.53. The van der Waals surface area contributed by atoms with Crippen LogP contribution in [0.3, 0.4) is 0 Å². The van der Waals surface area contributed by atoms with E-state index in [9.17, 15) is 10.1 Å². The van der Waals surface area contributed by atoms with Crippen molar-refractivity contribution in [1.82, 2.24) is 0 Å². The summed E-state index contributed by atoms with van der Waals surface area (Å²) in [5, 5.41) is 10.6. The van der Waals surface area contributed by atoms with Crippen LogP contribution in [-0.4, -0.2) is 16.5 Å². The first kappa shape index (κ1) is 12.0. The first-order valence-electron chi connectivity index (χ1n) is 4.22. The van der Waals surface area contributed by atoms with E-state index in [0.717, 1.165) is 11.3 Å². The Hall–Kier alpha value is -1.11. The standard InChI is InChI=1S/C10H10INO3/c1-15-10-4-2-8(3-5-10)6-9(7-11)12(13)14/h2-6H,7H2,1H3/b9-6+. The topological polar surface area (TPSA) is 52.4 Å². The molecule has 1 aromatic rings. The lowest BCUT2D eigenvalue weighted by Gasteiger charge is -1.99. The van der Waals surface area contributed by atoms with E-state index >= 15 is 0 Å². The highest BCUT2D eigenvalue weighted by molar-refractivity contribution is 14.1. The van der Waals surface area contributed by atoms with Crippen LogP contribution in [0.2, 0.25) is 0 Å². The van der Waals surface area contributed by atoms with Gasteiger partial charge in [-0.2, -0.15) is 0 Å². The second kappa shape index (κ2) is 5.69. The number of halogens is 1.